The van der Waals surface area contributed by atoms with Crippen LogP contribution in [0.2, 0.25) is 0 Å². The third-order valence-corrected chi connectivity index (χ3v) is 6.51. The van der Waals surface area contributed by atoms with Crippen LogP contribution in [0.1, 0.15) is 6.42 Å². The molecule has 0 saturated carbocycles. The summed E-state index contributed by atoms with van der Waals surface area (Å²) in [7, 11) is 3.27. The zero-order valence-electron chi connectivity index (χ0n) is 21.2. The van der Waals surface area contributed by atoms with E-state index in [1.807, 2.05) is 42.6 Å². The van der Waals surface area contributed by atoms with Gasteiger partial charge in [-0.05, 0) is 36.8 Å². The maximum absolute atomic E-state index is 9.54. The predicted molar refractivity (Wildman–Crippen MR) is 146 cm³/mol. The average Bonchev–Trinajstić information content (AvgIpc) is 2.97. The minimum atomic E-state index is 0.0894. The topological polar surface area (TPSA) is 95.9 Å². The highest BCUT2D eigenvalue weighted by Gasteiger charge is 2.15. The Kier molecular flexibility index (Phi) is 7.62. The Morgan fingerprint density at radius 2 is 1.68 bits per heavy atom. The van der Waals surface area contributed by atoms with Crippen LogP contribution >= 0.6 is 0 Å². The Morgan fingerprint density at radius 1 is 0.892 bits per heavy atom. The van der Waals surface area contributed by atoms with Crippen molar-refractivity contribution in [2.24, 2.45) is 0 Å². The summed E-state index contributed by atoms with van der Waals surface area (Å²) in [6.07, 6.45) is 4.27. The number of fused-ring (bicyclic) bond motifs is 1. The number of aromatic nitrogens is 3. The maximum atomic E-state index is 9.54. The van der Waals surface area contributed by atoms with E-state index in [0.717, 1.165) is 65.7 Å². The number of pyridine rings is 1. The minimum Gasteiger partial charge on any atom is -0.497 e. The Labute approximate surface area is 216 Å². The molecule has 0 radical (unpaired) electrons. The van der Waals surface area contributed by atoms with Crippen LogP contribution in [0.3, 0.4) is 0 Å². The molecule has 192 valence electrons. The molecule has 1 saturated heterocycles. The van der Waals surface area contributed by atoms with Crippen LogP contribution in [0.15, 0.2) is 60.9 Å². The van der Waals surface area contributed by atoms with Gasteiger partial charge in [-0.2, -0.15) is 0 Å². The molecular weight excluding hydrogens is 468 g/mol. The molecule has 2 aromatic heterocycles. The van der Waals surface area contributed by atoms with Crippen molar-refractivity contribution in [2.45, 2.75) is 6.42 Å². The highest BCUT2D eigenvalue weighted by atomic mass is 16.5. The fourth-order valence-electron chi connectivity index (χ4n) is 4.51. The monoisotopic (exact) mass is 500 g/mol. The summed E-state index contributed by atoms with van der Waals surface area (Å²) in [5.74, 6) is 2.38. The molecule has 0 aliphatic carbocycles. The van der Waals surface area contributed by atoms with E-state index in [9.17, 15) is 5.11 Å². The van der Waals surface area contributed by atoms with Crippen LogP contribution in [-0.2, 0) is 0 Å². The van der Waals surface area contributed by atoms with E-state index >= 15 is 0 Å². The van der Waals surface area contributed by atoms with Gasteiger partial charge in [-0.3, -0.25) is 4.98 Å². The zero-order chi connectivity index (χ0) is 25.6. The number of anilines is 3. The van der Waals surface area contributed by atoms with E-state index in [2.05, 4.69) is 37.2 Å². The molecule has 9 nitrogen and oxygen atoms in total. The van der Waals surface area contributed by atoms with Gasteiger partial charge in [0.1, 0.15) is 17.3 Å². The molecule has 0 unspecified atom stereocenters. The molecule has 2 aromatic carbocycles. The first kappa shape index (κ1) is 24.7. The molecule has 4 aromatic rings. The number of hydrogen-bond donors (Lipinski definition) is 2. The molecule has 2 N–H and O–H groups in total. The molecule has 37 heavy (non-hydrogen) atoms. The lowest BCUT2D eigenvalue weighted by atomic mass is 10.1. The first-order chi connectivity index (χ1) is 18.2. The third-order valence-electron chi connectivity index (χ3n) is 6.51. The van der Waals surface area contributed by atoms with Gasteiger partial charge in [-0.1, -0.05) is 0 Å². The fourth-order valence-corrected chi connectivity index (χ4v) is 4.51. The third kappa shape index (κ3) is 5.58. The van der Waals surface area contributed by atoms with Crippen LogP contribution in [0.25, 0.3) is 22.3 Å². The first-order valence-corrected chi connectivity index (χ1v) is 12.5. The van der Waals surface area contributed by atoms with E-state index in [0.29, 0.717) is 24.5 Å². The summed E-state index contributed by atoms with van der Waals surface area (Å²) in [6.45, 7) is 4.56. The number of methoxy groups -OCH3 is 2. The normalized spacial score (nSPS) is 13.5. The molecule has 0 amide bonds. The molecular formula is C28H32N6O3. The quantitative estimate of drug-likeness (QED) is 0.357. The van der Waals surface area contributed by atoms with Crippen LogP contribution < -0.4 is 24.6 Å². The number of nitrogens with zero attached hydrogens (tertiary/aromatic N) is 5. The number of ether oxygens (including phenoxy) is 2. The van der Waals surface area contributed by atoms with Gasteiger partial charge in [-0.25, -0.2) is 9.97 Å². The van der Waals surface area contributed by atoms with Gasteiger partial charge >= 0.3 is 0 Å². The predicted octanol–water partition coefficient (Wildman–Crippen LogP) is 3.64. The number of hydrogen-bond acceptors (Lipinski definition) is 9. The standard InChI is InChI=1S/C28H32N6O3/c1-36-23-14-22(15-24(17-23)37-2)34(10-3-13-35)21-5-6-25-26(16-21)32-27(19-30-25)20-4-7-28(31-18-20)33-11-8-29-9-12-33/h4-7,14-19,29,35H,3,8-13H2,1-2H3. The highest BCUT2D eigenvalue weighted by molar-refractivity contribution is 5.82. The lowest BCUT2D eigenvalue weighted by molar-refractivity contribution is 0.291. The van der Waals surface area contributed by atoms with Crippen molar-refractivity contribution >= 4 is 28.2 Å². The minimum absolute atomic E-state index is 0.0894. The Morgan fingerprint density at radius 3 is 2.35 bits per heavy atom. The summed E-state index contributed by atoms with van der Waals surface area (Å²) >= 11 is 0. The van der Waals surface area contributed by atoms with Gasteiger partial charge in [0, 0.05) is 80.7 Å². The molecule has 0 bridgehead atoms. The van der Waals surface area contributed by atoms with Crippen molar-refractivity contribution in [1.82, 2.24) is 20.3 Å². The van der Waals surface area contributed by atoms with Gasteiger partial charge in [0.25, 0.3) is 0 Å². The van der Waals surface area contributed by atoms with Crippen LogP contribution in [0, 0.1) is 0 Å². The molecule has 0 atom stereocenters. The first-order valence-electron chi connectivity index (χ1n) is 12.5. The van der Waals surface area contributed by atoms with Crippen molar-refractivity contribution in [3.8, 4) is 22.8 Å². The maximum Gasteiger partial charge on any atom is 0.128 e. The number of benzene rings is 2. The van der Waals surface area contributed by atoms with Crippen molar-refractivity contribution in [3.63, 3.8) is 0 Å². The van der Waals surface area contributed by atoms with Gasteiger partial charge < -0.3 is 29.7 Å². The zero-order valence-corrected chi connectivity index (χ0v) is 21.2. The number of aliphatic hydroxyl groups excluding tert-OH is 1. The van der Waals surface area contributed by atoms with Gasteiger partial charge in [-0.15, -0.1) is 0 Å². The molecule has 1 aliphatic heterocycles. The lowest BCUT2D eigenvalue weighted by Crippen LogP contribution is -2.43. The second kappa shape index (κ2) is 11.4. The average molecular weight is 501 g/mol. The number of piperazine rings is 1. The Balaban J connectivity index is 1.47. The van der Waals surface area contributed by atoms with Crippen molar-refractivity contribution in [3.05, 3.63) is 60.9 Å². The van der Waals surface area contributed by atoms with E-state index in [1.54, 1.807) is 20.4 Å². The molecule has 1 aliphatic rings. The van der Waals surface area contributed by atoms with Gasteiger partial charge in [0.2, 0.25) is 0 Å². The smallest absolute Gasteiger partial charge is 0.128 e. The van der Waals surface area contributed by atoms with Crippen LogP contribution in [-0.4, -0.2) is 73.6 Å². The number of aliphatic hydroxyl groups is 1. The van der Waals surface area contributed by atoms with E-state index in [1.165, 1.54) is 0 Å². The summed E-state index contributed by atoms with van der Waals surface area (Å²) in [5, 5.41) is 12.9. The van der Waals surface area contributed by atoms with Gasteiger partial charge in [0.05, 0.1) is 37.1 Å². The summed E-state index contributed by atoms with van der Waals surface area (Å²) in [5.41, 5.74) is 5.13. The summed E-state index contributed by atoms with van der Waals surface area (Å²) in [4.78, 5) is 18.7. The largest absolute Gasteiger partial charge is 0.497 e. The lowest BCUT2D eigenvalue weighted by Gasteiger charge is -2.28. The van der Waals surface area contributed by atoms with Crippen molar-refractivity contribution in [1.29, 1.82) is 0 Å². The van der Waals surface area contributed by atoms with E-state index in [-0.39, 0.29) is 6.61 Å². The van der Waals surface area contributed by atoms with Gasteiger partial charge in [0.15, 0.2) is 0 Å². The fraction of sp³-hybridized carbons (Fsp3) is 0.321. The molecule has 9 heteroatoms. The Bertz CT molecular complexity index is 1320. The second-order valence-electron chi connectivity index (χ2n) is 8.87. The Hall–Kier alpha value is -3.95. The highest BCUT2D eigenvalue weighted by Crippen LogP contribution is 2.34. The summed E-state index contributed by atoms with van der Waals surface area (Å²) < 4.78 is 11.0. The number of rotatable bonds is 9. The molecule has 5 rings (SSSR count). The van der Waals surface area contributed by atoms with Crippen LogP contribution in [0.4, 0.5) is 17.2 Å². The second-order valence-corrected chi connectivity index (χ2v) is 8.87. The van der Waals surface area contributed by atoms with E-state index in [4.69, 9.17) is 14.5 Å². The molecule has 0 spiro atoms. The van der Waals surface area contributed by atoms with Crippen molar-refractivity contribution in [2.75, 3.05) is 63.4 Å². The van der Waals surface area contributed by atoms with E-state index < -0.39 is 0 Å². The summed E-state index contributed by atoms with van der Waals surface area (Å²) in [6, 6.07) is 15.9. The SMILES string of the molecule is COc1cc(OC)cc(N(CCCO)c2ccc3ncc(-c4ccc(N5CCNCC5)nc4)nc3c2)c1. The molecule has 1 fully saturated rings. The number of nitrogens with one attached hydrogen (secondary N) is 1. The molecule has 3 heterocycles. The van der Waals surface area contributed by atoms with Crippen molar-refractivity contribution < 1.29 is 14.6 Å². The van der Waals surface area contributed by atoms with Crippen LogP contribution in [0.5, 0.6) is 11.5 Å².